The molecule has 0 fully saturated rings. The van der Waals surface area contributed by atoms with Crippen LogP contribution in [-0.2, 0) is 19.0 Å². The molecular formula is C9H13F3O4S. The molecule has 4 nitrogen and oxygen atoms in total. The zero-order chi connectivity index (χ0) is 13.5. The van der Waals surface area contributed by atoms with Crippen molar-refractivity contribution in [3.8, 4) is 0 Å². The highest BCUT2D eigenvalue weighted by Gasteiger charge is 2.49. The molecule has 1 heterocycles. The van der Waals surface area contributed by atoms with E-state index in [2.05, 4.69) is 4.18 Å². The quantitative estimate of drug-likeness (QED) is 0.573. The van der Waals surface area contributed by atoms with Gasteiger partial charge >= 0.3 is 15.6 Å². The molecule has 1 atom stereocenters. The maximum Gasteiger partial charge on any atom is 0.534 e. The minimum atomic E-state index is -5.59. The number of rotatable bonds is 2. The second kappa shape index (κ2) is 4.16. The number of alkyl halides is 3. The summed E-state index contributed by atoms with van der Waals surface area (Å²) in [5.74, 6) is -0.244. The molecule has 1 unspecified atom stereocenters. The summed E-state index contributed by atoms with van der Waals surface area (Å²) in [6.07, 6.45) is 0.679. The molecule has 0 N–H and O–H groups in total. The predicted octanol–water partition coefficient (Wildman–Crippen LogP) is 2.32. The van der Waals surface area contributed by atoms with Crippen LogP contribution in [-0.4, -0.2) is 25.6 Å². The van der Waals surface area contributed by atoms with E-state index in [0.29, 0.717) is 0 Å². The Balaban J connectivity index is 2.90. The first-order valence-electron chi connectivity index (χ1n) is 4.82. The van der Waals surface area contributed by atoms with E-state index in [1.54, 1.807) is 20.8 Å². The molecule has 8 heteroatoms. The lowest BCUT2D eigenvalue weighted by atomic mass is 10.00. The first-order chi connectivity index (χ1) is 7.43. The second-order valence-electron chi connectivity index (χ2n) is 4.38. The van der Waals surface area contributed by atoms with Gasteiger partial charge in [0.25, 0.3) is 0 Å². The molecule has 0 aromatic carbocycles. The van der Waals surface area contributed by atoms with Gasteiger partial charge in [0, 0.05) is 6.42 Å². The van der Waals surface area contributed by atoms with Crippen LogP contribution < -0.4 is 0 Å². The van der Waals surface area contributed by atoms with Gasteiger partial charge in [0.05, 0.1) is 11.7 Å². The average molecular weight is 274 g/mol. The highest BCUT2D eigenvalue weighted by molar-refractivity contribution is 7.87. The summed E-state index contributed by atoms with van der Waals surface area (Å²) in [6, 6.07) is 0. The summed E-state index contributed by atoms with van der Waals surface area (Å²) in [6.45, 7) is 4.87. The van der Waals surface area contributed by atoms with Gasteiger partial charge in [0.15, 0.2) is 0 Å². The van der Waals surface area contributed by atoms with Gasteiger partial charge in [-0.3, -0.25) is 0 Å². The third kappa shape index (κ3) is 3.60. The Kier molecular flexibility index (Phi) is 3.50. The highest BCUT2D eigenvalue weighted by Crippen LogP contribution is 2.33. The molecule has 0 aliphatic carbocycles. The van der Waals surface area contributed by atoms with Crippen molar-refractivity contribution in [2.24, 2.45) is 0 Å². The monoisotopic (exact) mass is 274 g/mol. The topological polar surface area (TPSA) is 52.6 Å². The van der Waals surface area contributed by atoms with Crippen molar-refractivity contribution in [2.45, 2.75) is 44.4 Å². The first kappa shape index (κ1) is 14.3. The Morgan fingerprint density at radius 1 is 1.47 bits per heavy atom. The zero-order valence-corrected chi connectivity index (χ0v) is 10.4. The van der Waals surface area contributed by atoms with Gasteiger partial charge in [0.1, 0.15) is 5.76 Å². The third-order valence-electron chi connectivity index (χ3n) is 2.03. The number of halogens is 3. The lowest BCUT2D eigenvalue weighted by molar-refractivity contribution is -0.0674. The number of ether oxygens (including phenoxy) is 1. The van der Waals surface area contributed by atoms with E-state index < -0.39 is 27.3 Å². The lowest BCUT2D eigenvalue weighted by Gasteiger charge is -2.33. The molecule has 100 valence electrons. The van der Waals surface area contributed by atoms with E-state index in [1.807, 2.05) is 0 Å². The number of hydrogen-bond donors (Lipinski definition) is 0. The van der Waals surface area contributed by atoms with Crippen molar-refractivity contribution in [1.29, 1.82) is 0 Å². The lowest BCUT2D eigenvalue weighted by Crippen LogP contribution is -2.35. The minimum Gasteiger partial charge on any atom is -0.381 e. The molecule has 0 bridgehead atoms. The van der Waals surface area contributed by atoms with Crippen LogP contribution in [0.5, 0.6) is 0 Å². The van der Waals surface area contributed by atoms with Crippen LogP contribution in [0.25, 0.3) is 0 Å². The molecule has 17 heavy (non-hydrogen) atoms. The highest BCUT2D eigenvalue weighted by atomic mass is 32.2. The molecule has 0 aromatic heterocycles. The largest absolute Gasteiger partial charge is 0.534 e. The summed E-state index contributed by atoms with van der Waals surface area (Å²) in [7, 11) is -5.59. The fourth-order valence-electron chi connectivity index (χ4n) is 1.56. The zero-order valence-electron chi connectivity index (χ0n) is 9.54. The Morgan fingerprint density at radius 3 is 2.41 bits per heavy atom. The standard InChI is InChI=1S/C9H13F3O4S/c1-6-4-7(5-8(2,3)15-6)16-17(13,14)9(10,11)12/h4,6H,5H2,1-3H3. The van der Waals surface area contributed by atoms with Crippen LogP contribution in [0.4, 0.5) is 13.2 Å². The van der Waals surface area contributed by atoms with Gasteiger partial charge < -0.3 is 8.92 Å². The van der Waals surface area contributed by atoms with E-state index in [1.165, 1.54) is 6.08 Å². The maximum absolute atomic E-state index is 12.1. The van der Waals surface area contributed by atoms with E-state index in [0.717, 1.165) is 0 Å². The Morgan fingerprint density at radius 2 is 2.00 bits per heavy atom. The third-order valence-corrected chi connectivity index (χ3v) is 3.03. The van der Waals surface area contributed by atoms with Crippen molar-refractivity contribution in [2.75, 3.05) is 0 Å². The van der Waals surface area contributed by atoms with Crippen LogP contribution in [0.3, 0.4) is 0 Å². The Hall–Kier alpha value is -0.760. The van der Waals surface area contributed by atoms with Crippen LogP contribution in [0, 0.1) is 0 Å². The molecule has 0 spiro atoms. The van der Waals surface area contributed by atoms with E-state index in [9.17, 15) is 21.6 Å². The van der Waals surface area contributed by atoms with Gasteiger partial charge in [-0.15, -0.1) is 0 Å². The summed E-state index contributed by atoms with van der Waals surface area (Å²) >= 11 is 0. The molecular weight excluding hydrogens is 261 g/mol. The van der Waals surface area contributed by atoms with Crippen molar-refractivity contribution >= 4 is 10.1 Å². The molecule has 0 aromatic rings. The fraction of sp³-hybridized carbons (Fsp3) is 0.778. The van der Waals surface area contributed by atoms with Gasteiger partial charge in [-0.2, -0.15) is 21.6 Å². The average Bonchev–Trinajstić information content (AvgIpc) is 1.94. The van der Waals surface area contributed by atoms with E-state index >= 15 is 0 Å². The number of hydrogen-bond acceptors (Lipinski definition) is 4. The normalized spacial score (nSPS) is 25.3. The molecule has 1 rings (SSSR count). The smallest absolute Gasteiger partial charge is 0.381 e. The van der Waals surface area contributed by atoms with Crippen molar-refractivity contribution in [3.63, 3.8) is 0 Å². The van der Waals surface area contributed by atoms with E-state index in [-0.39, 0.29) is 12.2 Å². The molecule has 0 saturated carbocycles. The van der Waals surface area contributed by atoms with Crippen molar-refractivity contribution < 1.29 is 30.5 Å². The molecule has 0 saturated heterocycles. The van der Waals surface area contributed by atoms with Gasteiger partial charge in [0.2, 0.25) is 0 Å². The fourth-order valence-corrected chi connectivity index (χ4v) is 2.06. The molecule has 1 aliphatic rings. The summed E-state index contributed by atoms with van der Waals surface area (Å²) in [5.41, 5.74) is -6.18. The SMILES string of the molecule is CC1C=C(OS(=O)(=O)C(F)(F)F)CC(C)(C)O1. The summed E-state index contributed by atoms with van der Waals surface area (Å²) < 4.78 is 67.4. The molecule has 1 aliphatic heterocycles. The predicted molar refractivity (Wildman–Crippen MR) is 53.4 cm³/mol. The van der Waals surface area contributed by atoms with Crippen molar-refractivity contribution in [1.82, 2.24) is 0 Å². The van der Waals surface area contributed by atoms with Gasteiger partial charge in [-0.1, -0.05) is 0 Å². The Bertz CT molecular complexity index is 422. The second-order valence-corrected chi connectivity index (χ2v) is 5.91. The summed E-state index contributed by atoms with van der Waals surface area (Å²) in [5, 5.41) is 0. The minimum absolute atomic E-state index is 0.0351. The van der Waals surface area contributed by atoms with Crippen molar-refractivity contribution in [3.05, 3.63) is 11.8 Å². The van der Waals surface area contributed by atoms with Crippen LogP contribution in [0.1, 0.15) is 27.2 Å². The van der Waals surface area contributed by atoms with Crippen LogP contribution in [0.2, 0.25) is 0 Å². The maximum atomic E-state index is 12.1. The van der Waals surface area contributed by atoms with Crippen LogP contribution in [0.15, 0.2) is 11.8 Å². The van der Waals surface area contributed by atoms with Gasteiger partial charge in [-0.25, -0.2) is 0 Å². The Labute approximate surface area is 97.5 Å². The van der Waals surface area contributed by atoms with E-state index in [4.69, 9.17) is 4.74 Å². The summed E-state index contributed by atoms with van der Waals surface area (Å²) in [4.78, 5) is 0. The first-order valence-corrected chi connectivity index (χ1v) is 6.23. The molecule has 0 radical (unpaired) electrons. The van der Waals surface area contributed by atoms with Crippen LogP contribution >= 0.6 is 0 Å². The van der Waals surface area contributed by atoms with Gasteiger partial charge in [-0.05, 0) is 26.8 Å². The molecule has 0 amide bonds.